The number of ether oxygens (including phenoxy) is 1. The van der Waals surface area contributed by atoms with Gasteiger partial charge in [-0.1, -0.05) is 0 Å². The van der Waals surface area contributed by atoms with E-state index in [1.54, 1.807) is 0 Å². The molecule has 2 aliphatic heterocycles. The second kappa shape index (κ2) is 2.99. The summed E-state index contributed by atoms with van der Waals surface area (Å²) >= 11 is 0. The maximum atomic E-state index is 11.7. The van der Waals surface area contributed by atoms with E-state index >= 15 is 0 Å². The van der Waals surface area contributed by atoms with Gasteiger partial charge in [0, 0.05) is 30.5 Å². The smallest absolute Gasteiger partial charge is 0.166 e. The molecular weight excluding hydrogens is 190 g/mol. The van der Waals surface area contributed by atoms with Gasteiger partial charge in [0.25, 0.3) is 0 Å². The molecule has 0 fully saturated rings. The third kappa shape index (κ3) is 1.23. The summed E-state index contributed by atoms with van der Waals surface area (Å²) in [6.07, 6.45) is 1.73. The average molecular weight is 203 g/mol. The van der Waals surface area contributed by atoms with Crippen LogP contribution in [0.25, 0.3) is 0 Å². The first-order valence-corrected chi connectivity index (χ1v) is 5.35. The molecule has 1 unspecified atom stereocenters. The molecular formula is C12H13NO2. The van der Waals surface area contributed by atoms with Crippen LogP contribution in [0.15, 0.2) is 12.1 Å². The quantitative estimate of drug-likeness (QED) is 0.701. The standard InChI is InChI=1S/C12H13NO2/c1-7-6-9-11(15-7)3-2-8-10(14)4-5-13-12(8)9/h2-3,7,13H,4-6H2,1H3. The molecule has 0 saturated carbocycles. The van der Waals surface area contributed by atoms with Crippen LogP contribution in [0, 0.1) is 0 Å². The van der Waals surface area contributed by atoms with Gasteiger partial charge in [0.2, 0.25) is 0 Å². The van der Waals surface area contributed by atoms with Gasteiger partial charge in [0.15, 0.2) is 5.78 Å². The van der Waals surface area contributed by atoms with Crippen molar-refractivity contribution >= 4 is 11.5 Å². The Labute approximate surface area is 88.4 Å². The number of fused-ring (bicyclic) bond motifs is 3. The van der Waals surface area contributed by atoms with Crippen molar-refractivity contribution in [3.8, 4) is 5.75 Å². The zero-order valence-electron chi connectivity index (χ0n) is 8.67. The van der Waals surface area contributed by atoms with E-state index in [9.17, 15) is 4.79 Å². The van der Waals surface area contributed by atoms with Crippen LogP contribution in [-0.4, -0.2) is 18.4 Å². The monoisotopic (exact) mass is 203 g/mol. The molecule has 3 rings (SSSR count). The van der Waals surface area contributed by atoms with Crippen molar-refractivity contribution in [1.29, 1.82) is 0 Å². The maximum Gasteiger partial charge on any atom is 0.166 e. The van der Waals surface area contributed by atoms with Crippen LogP contribution >= 0.6 is 0 Å². The van der Waals surface area contributed by atoms with Crippen LogP contribution in [0.4, 0.5) is 5.69 Å². The number of carbonyl (C=O) groups is 1. The van der Waals surface area contributed by atoms with Gasteiger partial charge in [-0.25, -0.2) is 0 Å². The van der Waals surface area contributed by atoms with Gasteiger partial charge in [-0.2, -0.15) is 0 Å². The molecule has 78 valence electrons. The summed E-state index contributed by atoms with van der Waals surface area (Å²) in [5, 5.41) is 3.31. The van der Waals surface area contributed by atoms with Crippen molar-refractivity contribution in [1.82, 2.24) is 0 Å². The van der Waals surface area contributed by atoms with E-state index < -0.39 is 0 Å². The average Bonchev–Trinajstić information content (AvgIpc) is 2.59. The fourth-order valence-electron chi connectivity index (χ4n) is 2.36. The molecule has 1 aromatic carbocycles. The van der Waals surface area contributed by atoms with Gasteiger partial charge in [-0.3, -0.25) is 4.79 Å². The lowest BCUT2D eigenvalue weighted by Crippen LogP contribution is -2.19. The minimum Gasteiger partial charge on any atom is -0.490 e. The van der Waals surface area contributed by atoms with Crippen LogP contribution in [0.3, 0.4) is 0 Å². The first kappa shape index (κ1) is 8.77. The lowest BCUT2D eigenvalue weighted by atomic mass is 9.96. The van der Waals surface area contributed by atoms with Gasteiger partial charge < -0.3 is 10.1 Å². The van der Waals surface area contributed by atoms with Crippen molar-refractivity contribution in [2.45, 2.75) is 25.9 Å². The molecule has 0 spiro atoms. The largest absolute Gasteiger partial charge is 0.490 e. The Kier molecular flexibility index (Phi) is 1.75. The second-order valence-corrected chi connectivity index (χ2v) is 4.20. The predicted molar refractivity (Wildman–Crippen MR) is 57.7 cm³/mol. The predicted octanol–water partition coefficient (Wildman–Crippen LogP) is 2.01. The van der Waals surface area contributed by atoms with Crippen molar-refractivity contribution < 1.29 is 9.53 Å². The van der Waals surface area contributed by atoms with Crippen LogP contribution < -0.4 is 10.1 Å². The van der Waals surface area contributed by atoms with Gasteiger partial charge in [0.05, 0.1) is 5.69 Å². The van der Waals surface area contributed by atoms with Crippen LogP contribution in [-0.2, 0) is 6.42 Å². The van der Waals surface area contributed by atoms with Crippen molar-refractivity contribution in [2.75, 3.05) is 11.9 Å². The molecule has 1 N–H and O–H groups in total. The summed E-state index contributed by atoms with van der Waals surface area (Å²) in [5.41, 5.74) is 3.01. The summed E-state index contributed by atoms with van der Waals surface area (Å²) in [4.78, 5) is 11.7. The lowest BCUT2D eigenvalue weighted by molar-refractivity contribution is 0.0983. The molecule has 0 aromatic heterocycles. The van der Waals surface area contributed by atoms with Gasteiger partial charge >= 0.3 is 0 Å². The highest BCUT2D eigenvalue weighted by atomic mass is 16.5. The van der Waals surface area contributed by atoms with E-state index in [0.717, 1.165) is 30.0 Å². The molecule has 0 bridgehead atoms. The third-order valence-electron chi connectivity index (χ3n) is 3.04. The molecule has 2 heterocycles. The number of benzene rings is 1. The Balaban J connectivity index is 2.16. The highest BCUT2D eigenvalue weighted by Crippen LogP contribution is 2.38. The number of rotatable bonds is 0. The fourth-order valence-corrected chi connectivity index (χ4v) is 2.36. The highest BCUT2D eigenvalue weighted by molar-refractivity contribution is 6.04. The zero-order chi connectivity index (χ0) is 10.4. The van der Waals surface area contributed by atoms with Gasteiger partial charge in [0.1, 0.15) is 11.9 Å². The van der Waals surface area contributed by atoms with E-state index in [1.807, 2.05) is 12.1 Å². The molecule has 0 saturated heterocycles. The molecule has 3 nitrogen and oxygen atoms in total. The number of anilines is 1. The maximum absolute atomic E-state index is 11.7. The number of carbonyl (C=O) groups excluding carboxylic acids is 1. The Morgan fingerprint density at radius 1 is 1.47 bits per heavy atom. The molecule has 3 heteroatoms. The Morgan fingerprint density at radius 2 is 2.33 bits per heavy atom. The van der Waals surface area contributed by atoms with Gasteiger partial charge in [-0.05, 0) is 19.1 Å². The van der Waals surface area contributed by atoms with Gasteiger partial charge in [-0.15, -0.1) is 0 Å². The number of nitrogens with one attached hydrogen (secondary N) is 1. The van der Waals surface area contributed by atoms with E-state index in [1.165, 1.54) is 5.56 Å². The Hall–Kier alpha value is -1.51. The summed E-state index contributed by atoms with van der Waals surface area (Å²) in [5.74, 6) is 1.18. The molecule has 2 aliphatic rings. The van der Waals surface area contributed by atoms with E-state index in [2.05, 4.69) is 12.2 Å². The Morgan fingerprint density at radius 3 is 3.20 bits per heavy atom. The SMILES string of the molecule is CC1Cc2c(ccc3c2NCCC3=O)O1. The third-order valence-corrected chi connectivity index (χ3v) is 3.04. The minimum absolute atomic E-state index is 0.227. The second-order valence-electron chi connectivity index (χ2n) is 4.20. The van der Waals surface area contributed by atoms with E-state index in [-0.39, 0.29) is 11.9 Å². The van der Waals surface area contributed by atoms with Crippen molar-refractivity contribution in [2.24, 2.45) is 0 Å². The summed E-state index contributed by atoms with van der Waals surface area (Å²) in [6, 6.07) is 3.79. The number of hydrogen-bond donors (Lipinski definition) is 1. The fraction of sp³-hybridized carbons (Fsp3) is 0.417. The topological polar surface area (TPSA) is 38.3 Å². The van der Waals surface area contributed by atoms with E-state index in [0.29, 0.717) is 6.42 Å². The Bertz CT molecular complexity index is 439. The summed E-state index contributed by atoms with van der Waals surface area (Å²) in [6.45, 7) is 2.80. The van der Waals surface area contributed by atoms with Crippen molar-refractivity contribution in [3.63, 3.8) is 0 Å². The van der Waals surface area contributed by atoms with Crippen LogP contribution in [0.1, 0.15) is 29.3 Å². The molecule has 1 aromatic rings. The molecule has 0 aliphatic carbocycles. The zero-order valence-corrected chi connectivity index (χ0v) is 8.67. The number of hydrogen-bond acceptors (Lipinski definition) is 3. The highest BCUT2D eigenvalue weighted by Gasteiger charge is 2.27. The van der Waals surface area contributed by atoms with Crippen molar-refractivity contribution in [3.05, 3.63) is 23.3 Å². The van der Waals surface area contributed by atoms with E-state index in [4.69, 9.17) is 4.74 Å². The van der Waals surface area contributed by atoms with Crippen LogP contribution in [0.5, 0.6) is 5.75 Å². The molecule has 1 atom stereocenters. The number of ketones is 1. The molecule has 0 amide bonds. The first-order valence-electron chi connectivity index (χ1n) is 5.35. The lowest BCUT2D eigenvalue weighted by Gasteiger charge is -2.19. The summed E-state index contributed by atoms with van der Waals surface area (Å²) < 4.78 is 5.66. The number of Topliss-reactive ketones (excluding diaryl/α,β-unsaturated/α-hetero) is 1. The van der Waals surface area contributed by atoms with Crippen LogP contribution in [0.2, 0.25) is 0 Å². The molecule has 15 heavy (non-hydrogen) atoms. The summed E-state index contributed by atoms with van der Waals surface area (Å²) in [7, 11) is 0. The normalized spacial score (nSPS) is 22.7. The minimum atomic E-state index is 0.227. The molecule has 0 radical (unpaired) electrons. The first-order chi connectivity index (χ1) is 7.25.